The van der Waals surface area contributed by atoms with Crippen LogP contribution in [-0.4, -0.2) is 44.8 Å². The zero-order chi connectivity index (χ0) is 21.2. The molecule has 148 valence electrons. The van der Waals surface area contributed by atoms with Crippen LogP contribution in [0.25, 0.3) is 22.4 Å². The number of nitrogens with one attached hydrogen (secondary N) is 3. The first-order valence-electron chi connectivity index (χ1n) is 7.48. The number of H-pyrrole nitrogens is 1. The Morgan fingerprint density at radius 3 is 2.34 bits per heavy atom. The van der Waals surface area contributed by atoms with E-state index in [0.29, 0.717) is 0 Å². The Morgan fingerprint density at radius 2 is 1.83 bits per heavy atom. The van der Waals surface area contributed by atoms with Crippen molar-refractivity contribution in [3.63, 3.8) is 0 Å². The number of para-hydroxylation sites is 1. The van der Waals surface area contributed by atoms with Crippen LogP contribution < -0.4 is 11.7 Å². The van der Waals surface area contributed by atoms with Crippen molar-refractivity contribution in [3.8, 4) is 11.5 Å². The quantitative estimate of drug-likeness (QED) is 0.0872. The van der Waals surface area contributed by atoms with Crippen LogP contribution in [0.15, 0.2) is 49.9 Å². The van der Waals surface area contributed by atoms with Gasteiger partial charge in [0.1, 0.15) is 16.9 Å². The predicted molar refractivity (Wildman–Crippen MR) is 98.7 cm³/mol. The summed E-state index contributed by atoms with van der Waals surface area (Å²) in [6.45, 7) is 0. The number of benzene rings is 1. The molecule has 0 aliphatic carbocycles. The molecule has 0 saturated heterocycles. The normalized spacial score (nSPS) is 12.9. The second-order valence-electron chi connectivity index (χ2n) is 5.30. The van der Waals surface area contributed by atoms with Crippen molar-refractivity contribution in [2.24, 2.45) is 32.1 Å². The van der Waals surface area contributed by atoms with E-state index >= 15 is 0 Å². The first-order chi connectivity index (χ1) is 13.9. The van der Waals surface area contributed by atoms with Crippen molar-refractivity contribution in [3.05, 3.63) is 35.7 Å². The van der Waals surface area contributed by atoms with Crippen molar-refractivity contribution in [1.82, 2.24) is 20.2 Å². The highest BCUT2D eigenvalue weighted by atomic mass is 32.2. The van der Waals surface area contributed by atoms with Gasteiger partial charge in [-0.05, 0) is 6.07 Å². The van der Waals surface area contributed by atoms with Gasteiger partial charge in [0.15, 0.2) is 5.82 Å². The number of fused-ring (bicyclic) bond motifs is 1. The smallest absolute Gasteiger partial charge is 0.297 e. The number of amidine groups is 2. The van der Waals surface area contributed by atoms with Crippen LogP contribution in [0.3, 0.4) is 0 Å². The van der Waals surface area contributed by atoms with Gasteiger partial charge in [0.2, 0.25) is 11.7 Å². The van der Waals surface area contributed by atoms with E-state index in [4.69, 9.17) is 22.7 Å². The van der Waals surface area contributed by atoms with Gasteiger partial charge in [0.05, 0.1) is 11.1 Å². The summed E-state index contributed by atoms with van der Waals surface area (Å²) in [6.07, 6.45) is 1.10. The van der Waals surface area contributed by atoms with E-state index in [9.17, 15) is 13.0 Å². The summed E-state index contributed by atoms with van der Waals surface area (Å²) >= 11 is 0. The van der Waals surface area contributed by atoms with E-state index in [1.165, 1.54) is 18.2 Å². The molecule has 29 heavy (non-hydrogen) atoms. The highest BCUT2D eigenvalue weighted by Gasteiger charge is 2.31. The number of nitrogens with two attached hydrogens (primary N) is 2. The molecule has 0 spiro atoms. The average Bonchev–Trinajstić information content (AvgIpc) is 3.23. The summed E-state index contributed by atoms with van der Waals surface area (Å²) in [7, 11) is -4.94. The fourth-order valence-electron chi connectivity index (χ4n) is 2.71. The number of hydrogen-bond donors (Lipinski definition) is 6. The van der Waals surface area contributed by atoms with Gasteiger partial charge in [-0.15, -0.1) is 10.2 Å². The van der Waals surface area contributed by atoms with E-state index in [2.05, 4.69) is 40.6 Å². The van der Waals surface area contributed by atoms with E-state index in [1.54, 1.807) is 0 Å². The topological polar surface area (TPSA) is 258 Å². The van der Waals surface area contributed by atoms with E-state index < -0.39 is 20.8 Å². The van der Waals surface area contributed by atoms with Crippen LogP contribution in [0, 0.1) is 11.1 Å². The van der Waals surface area contributed by atoms with Crippen LogP contribution in [0.1, 0.15) is 11.1 Å². The minimum atomic E-state index is -4.94. The van der Waals surface area contributed by atoms with Crippen LogP contribution >= 0.6 is 0 Å². The third-order valence-corrected chi connectivity index (χ3v) is 4.70. The molecule has 3 aromatic rings. The number of nitrogens with zero attached hydrogens (tertiary/aromatic N) is 7. The van der Waals surface area contributed by atoms with Gasteiger partial charge in [-0.1, -0.05) is 12.1 Å². The fourth-order valence-corrected chi connectivity index (χ4v) is 3.56. The molecule has 8 N–H and O–H groups in total. The van der Waals surface area contributed by atoms with E-state index in [0.717, 1.165) is 6.33 Å². The van der Waals surface area contributed by atoms with Crippen LogP contribution in [0.4, 0.5) is 0 Å². The molecule has 0 aliphatic heterocycles. The summed E-state index contributed by atoms with van der Waals surface area (Å²) < 4.78 is 34.4. The lowest BCUT2D eigenvalue weighted by molar-refractivity contribution is 0.483. The number of pyridine rings is 1. The lowest BCUT2D eigenvalue weighted by atomic mass is 10.0. The average molecular weight is 416 g/mol. The van der Waals surface area contributed by atoms with E-state index in [-0.39, 0.29) is 39.4 Å². The molecule has 1 aromatic carbocycles. The molecule has 0 bridgehead atoms. The molecule has 15 nitrogen and oxygen atoms in total. The molecule has 0 radical (unpaired) electrons. The molecule has 16 heteroatoms. The molecule has 2 aromatic heterocycles. The minimum Gasteiger partial charge on any atom is -0.321 e. The molecule has 3 rings (SSSR count). The summed E-state index contributed by atoms with van der Waals surface area (Å²) in [6, 6.07) is 4.38. The number of hydrogen-bond acceptors (Lipinski definition) is 11. The lowest BCUT2D eigenvalue weighted by Crippen LogP contribution is -2.15. The zero-order valence-corrected chi connectivity index (χ0v) is 15.1. The zero-order valence-electron chi connectivity index (χ0n) is 14.3. The molecule has 0 aliphatic rings. The van der Waals surface area contributed by atoms with Gasteiger partial charge >= 0.3 is 0 Å². The number of aromatic nitrogens is 4. The summed E-state index contributed by atoms with van der Waals surface area (Å²) in [4.78, 5) is 7.38. The third-order valence-electron chi connectivity index (χ3n) is 3.79. The first kappa shape index (κ1) is 19.6. The van der Waals surface area contributed by atoms with Gasteiger partial charge < -0.3 is 11.7 Å². The summed E-state index contributed by atoms with van der Waals surface area (Å²) in [5.41, 5.74) is 14.1. The van der Waals surface area contributed by atoms with Gasteiger partial charge in [0.25, 0.3) is 10.1 Å². The standard InChI is InChI=1S/C13H12N12O3S/c14-21-11(22-15)6-3-1-2-5-7(12(23-16)24-17)10(29(26,27)28)9(20-8(5)6)13-18-4-19-25-13/h1-4,14,16H,15,17H2,(H,18,19,25)(H,26,27,28). The number of hydrazone groups is 2. The second kappa shape index (κ2) is 7.44. The van der Waals surface area contributed by atoms with Gasteiger partial charge in [0, 0.05) is 10.9 Å². The Hall–Kier alpha value is -4.18. The molecule has 2 heterocycles. The van der Waals surface area contributed by atoms with Crippen LogP contribution in [0.2, 0.25) is 0 Å². The number of aromatic amines is 1. The summed E-state index contributed by atoms with van der Waals surface area (Å²) in [5.74, 6) is 9.71. The molecular weight excluding hydrogens is 404 g/mol. The maximum Gasteiger partial charge on any atom is 0.297 e. The first-order valence-corrected chi connectivity index (χ1v) is 8.92. The molecule has 0 saturated carbocycles. The molecule has 0 unspecified atom stereocenters. The third kappa shape index (κ3) is 3.28. The van der Waals surface area contributed by atoms with Gasteiger partial charge in [-0.3, -0.25) is 9.65 Å². The molecule has 0 fully saturated rings. The fraction of sp³-hybridized carbons (Fsp3) is 0. The monoisotopic (exact) mass is 416 g/mol. The van der Waals surface area contributed by atoms with Crippen molar-refractivity contribution in [2.75, 3.05) is 0 Å². The van der Waals surface area contributed by atoms with Gasteiger partial charge in [-0.2, -0.15) is 23.7 Å². The molecule has 0 amide bonds. The Kier molecular flexibility index (Phi) is 5.03. The van der Waals surface area contributed by atoms with Crippen molar-refractivity contribution < 1.29 is 13.0 Å². The second-order valence-corrected chi connectivity index (χ2v) is 6.66. The number of rotatable bonds is 4. The maximum atomic E-state index is 12.2. The lowest BCUT2D eigenvalue weighted by Gasteiger charge is -2.14. The molecular formula is C13H12N12O3S. The minimum absolute atomic E-state index is 0.0614. The van der Waals surface area contributed by atoms with Crippen molar-refractivity contribution in [1.29, 1.82) is 11.1 Å². The van der Waals surface area contributed by atoms with Crippen LogP contribution in [-0.2, 0) is 10.1 Å². The van der Waals surface area contributed by atoms with Crippen molar-refractivity contribution >= 4 is 32.7 Å². The van der Waals surface area contributed by atoms with Crippen molar-refractivity contribution in [2.45, 2.75) is 4.90 Å². The Morgan fingerprint density at radius 1 is 1.14 bits per heavy atom. The largest absolute Gasteiger partial charge is 0.321 e. The summed E-state index contributed by atoms with van der Waals surface area (Å²) in [5, 5.41) is 19.3. The highest BCUT2D eigenvalue weighted by molar-refractivity contribution is 7.86. The highest BCUT2D eigenvalue weighted by Crippen LogP contribution is 2.34. The Balaban J connectivity index is 2.67. The maximum absolute atomic E-state index is 12.2. The van der Waals surface area contributed by atoms with Crippen LogP contribution in [0.5, 0.6) is 0 Å². The Bertz CT molecular complexity index is 1280. The van der Waals surface area contributed by atoms with Gasteiger partial charge in [-0.25, -0.2) is 21.0 Å². The van der Waals surface area contributed by atoms with E-state index in [1.807, 2.05) is 0 Å². The SMILES string of the molecule is N=NC(=NN)c1c(S(=O)(=O)O)c(-c2ncn[nH]2)nc2c(C(N=N)=NN)cccc12. The molecule has 0 atom stereocenters. The predicted octanol–water partition coefficient (Wildman–Crippen LogP) is 0.569. The Labute approximate surface area is 161 Å².